The number of carbonyl (C=O) groups excluding carboxylic acids is 1. The SMILES string of the molecule is CC(C)NC(C)(COc1ccc(F)cc1[N+](=O)[O-])C(N)=O. The zero-order chi connectivity index (χ0) is 16.2. The van der Waals surface area contributed by atoms with Crippen LogP contribution in [-0.2, 0) is 4.79 Å². The zero-order valence-corrected chi connectivity index (χ0v) is 12.1. The normalized spacial score (nSPS) is 13.8. The Morgan fingerprint density at radius 2 is 2.19 bits per heavy atom. The molecule has 1 aromatic rings. The number of halogens is 1. The standard InChI is InChI=1S/C13H18FN3O4/c1-8(2)16-13(3,12(15)18)7-21-11-5-4-9(14)6-10(11)17(19)20/h4-6,8,16H,7H2,1-3H3,(H2,15,18). The van der Waals surface area contributed by atoms with Gasteiger partial charge in [0.25, 0.3) is 0 Å². The van der Waals surface area contributed by atoms with Gasteiger partial charge < -0.3 is 10.5 Å². The lowest BCUT2D eigenvalue weighted by atomic mass is 10.0. The highest BCUT2D eigenvalue weighted by atomic mass is 19.1. The molecule has 0 aromatic heterocycles. The fraction of sp³-hybridized carbons (Fsp3) is 0.462. The van der Waals surface area contributed by atoms with Gasteiger partial charge >= 0.3 is 5.69 Å². The van der Waals surface area contributed by atoms with Crippen molar-refractivity contribution in [1.82, 2.24) is 5.32 Å². The van der Waals surface area contributed by atoms with Gasteiger partial charge in [0, 0.05) is 6.04 Å². The summed E-state index contributed by atoms with van der Waals surface area (Å²) in [6, 6.07) is 2.89. The van der Waals surface area contributed by atoms with E-state index in [0.717, 1.165) is 18.2 Å². The molecule has 1 rings (SSSR count). The van der Waals surface area contributed by atoms with Gasteiger partial charge in [-0.05, 0) is 32.9 Å². The first-order valence-corrected chi connectivity index (χ1v) is 6.30. The zero-order valence-electron chi connectivity index (χ0n) is 12.1. The predicted octanol–water partition coefficient (Wildman–Crippen LogP) is 1.35. The summed E-state index contributed by atoms with van der Waals surface area (Å²) in [5.41, 5.74) is 3.62. The van der Waals surface area contributed by atoms with Crippen LogP contribution >= 0.6 is 0 Å². The summed E-state index contributed by atoms with van der Waals surface area (Å²) in [5, 5.41) is 13.8. The second-order valence-corrected chi connectivity index (χ2v) is 5.15. The van der Waals surface area contributed by atoms with E-state index in [1.54, 1.807) is 0 Å². The van der Waals surface area contributed by atoms with Crippen LogP contribution in [0.4, 0.5) is 10.1 Å². The Kier molecular flexibility index (Phi) is 5.20. The van der Waals surface area contributed by atoms with E-state index in [4.69, 9.17) is 10.5 Å². The lowest BCUT2D eigenvalue weighted by Gasteiger charge is -2.29. The second-order valence-electron chi connectivity index (χ2n) is 5.15. The highest BCUT2D eigenvalue weighted by molar-refractivity contribution is 5.84. The highest BCUT2D eigenvalue weighted by Gasteiger charge is 2.33. The van der Waals surface area contributed by atoms with E-state index in [9.17, 15) is 19.3 Å². The van der Waals surface area contributed by atoms with Crippen LogP contribution < -0.4 is 15.8 Å². The first-order valence-electron chi connectivity index (χ1n) is 6.30. The quantitative estimate of drug-likeness (QED) is 0.583. The lowest BCUT2D eigenvalue weighted by molar-refractivity contribution is -0.386. The minimum Gasteiger partial charge on any atom is -0.484 e. The number of nitrogens with two attached hydrogens (primary N) is 1. The fourth-order valence-corrected chi connectivity index (χ4v) is 1.80. The van der Waals surface area contributed by atoms with Crippen molar-refractivity contribution in [3.8, 4) is 5.75 Å². The molecule has 21 heavy (non-hydrogen) atoms. The smallest absolute Gasteiger partial charge is 0.313 e. The third-order valence-corrected chi connectivity index (χ3v) is 2.79. The number of benzene rings is 1. The van der Waals surface area contributed by atoms with E-state index in [-0.39, 0.29) is 18.4 Å². The first kappa shape index (κ1) is 16.8. The summed E-state index contributed by atoms with van der Waals surface area (Å²) in [5.74, 6) is -1.52. The number of nitrogens with one attached hydrogen (secondary N) is 1. The molecule has 1 unspecified atom stereocenters. The van der Waals surface area contributed by atoms with Crippen LogP contribution in [-0.4, -0.2) is 29.0 Å². The maximum Gasteiger partial charge on any atom is 0.313 e. The minimum atomic E-state index is -1.20. The second kappa shape index (κ2) is 6.49. The summed E-state index contributed by atoms with van der Waals surface area (Å²) < 4.78 is 18.3. The molecule has 0 aliphatic rings. The topological polar surface area (TPSA) is 107 Å². The van der Waals surface area contributed by atoms with Gasteiger partial charge in [-0.3, -0.25) is 20.2 Å². The number of amides is 1. The van der Waals surface area contributed by atoms with E-state index in [0.29, 0.717) is 0 Å². The third kappa shape index (κ3) is 4.38. The van der Waals surface area contributed by atoms with Crippen molar-refractivity contribution in [2.75, 3.05) is 6.61 Å². The van der Waals surface area contributed by atoms with E-state index >= 15 is 0 Å². The van der Waals surface area contributed by atoms with Crippen molar-refractivity contribution >= 4 is 11.6 Å². The molecule has 0 saturated heterocycles. The number of primary amides is 1. The Bertz CT molecular complexity index is 550. The van der Waals surface area contributed by atoms with Gasteiger partial charge in [-0.25, -0.2) is 4.39 Å². The maximum absolute atomic E-state index is 13.0. The molecule has 7 nitrogen and oxygen atoms in total. The van der Waals surface area contributed by atoms with Gasteiger partial charge in [0.15, 0.2) is 5.75 Å². The van der Waals surface area contributed by atoms with Crippen LogP contribution in [0.25, 0.3) is 0 Å². The van der Waals surface area contributed by atoms with Crippen LogP contribution in [0.1, 0.15) is 20.8 Å². The van der Waals surface area contributed by atoms with E-state index < -0.39 is 27.9 Å². The molecule has 1 amide bonds. The Morgan fingerprint density at radius 1 is 1.57 bits per heavy atom. The molecule has 3 N–H and O–H groups in total. The monoisotopic (exact) mass is 299 g/mol. The Morgan fingerprint density at radius 3 is 2.67 bits per heavy atom. The van der Waals surface area contributed by atoms with Gasteiger partial charge in [0.05, 0.1) is 11.0 Å². The van der Waals surface area contributed by atoms with Gasteiger partial charge in [0.1, 0.15) is 18.0 Å². The van der Waals surface area contributed by atoms with Gasteiger partial charge in [-0.1, -0.05) is 0 Å². The summed E-state index contributed by atoms with van der Waals surface area (Å²) in [6.07, 6.45) is 0. The molecule has 0 bridgehead atoms. The molecule has 1 atom stereocenters. The van der Waals surface area contributed by atoms with Crippen LogP contribution in [0.3, 0.4) is 0 Å². The van der Waals surface area contributed by atoms with Crippen LogP contribution in [0, 0.1) is 15.9 Å². The molecule has 0 saturated carbocycles. The van der Waals surface area contributed by atoms with Crippen molar-refractivity contribution < 1.29 is 18.8 Å². The number of carbonyl (C=O) groups is 1. The van der Waals surface area contributed by atoms with Crippen molar-refractivity contribution in [2.24, 2.45) is 5.73 Å². The molecule has 0 radical (unpaired) electrons. The molecular weight excluding hydrogens is 281 g/mol. The molecule has 0 aliphatic heterocycles. The molecule has 1 aromatic carbocycles. The van der Waals surface area contributed by atoms with Gasteiger partial charge in [-0.2, -0.15) is 0 Å². The molecular formula is C13H18FN3O4. The molecule has 0 aliphatic carbocycles. The number of nitro groups is 1. The Hall–Kier alpha value is -2.22. The molecule has 0 heterocycles. The number of hydrogen-bond acceptors (Lipinski definition) is 5. The number of hydrogen-bond donors (Lipinski definition) is 2. The number of nitro benzene ring substituents is 1. The van der Waals surface area contributed by atoms with Gasteiger partial charge in [0.2, 0.25) is 5.91 Å². The lowest BCUT2D eigenvalue weighted by Crippen LogP contribution is -2.59. The molecule has 8 heteroatoms. The average molecular weight is 299 g/mol. The summed E-state index contributed by atoms with van der Waals surface area (Å²) in [7, 11) is 0. The van der Waals surface area contributed by atoms with Gasteiger partial charge in [-0.15, -0.1) is 0 Å². The van der Waals surface area contributed by atoms with Crippen LogP contribution in [0.15, 0.2) is 18.2 Å². The van der Waals surface area contributed by atoms with E-state index in [2.05, 4.69) is 5.32 Å². The average Bonchev–Trinajstić information content (AvgIpc) is 2.36. The largest absolute Gasteiger partial charge is 0.484 e. The minimum absolute atomic E-state index is 0.0469. The summed E-state index contributed by atoms with van der Waals surface area (Å²) in [4.78, 5) is 21.6. The van der Waals surface area contributed by atoms with Crippen molar-refractivity contribution in [1.29, 1.82) is 0 Å². The number of ether oxygens (including phenoxy) is 1. The Balaban J connectivity index is 2.96. The Labute approximate surface area is 121 Å². The van der Waals surface area contributed by atoms with E-state index in [1.807, 2.05) is 13.8 Å². The number of rotatable bonds is 7. The third-order valence-electron chi connectivity index (χ3n) is 2.79. The van der Waals surface area contributed by atoms with E-state index in [1.165, 1.54) is 6.92 Å². The molecule has 0 fully saturated rings. The summed E-state index contributed by atoms with van der Waals surface area (Å²) >= 11 is 0. The summed E-state index contributed by atoms with van der Waals surface area (Å²) in [6.45, 7) is 4.96. The molecule has 116 valence electrons. The van der Waals surface area contributed by atoms with Crippen molar-refractivity contribution in [3.05, 3.63) is 34.1 Å². The highest BCUT2D eigenvalue weighted by Crippen LogP contribution is 2.28. The van der Waals surface area contributed by atoms with Crippen LogP contribution in [0.5, 0.6) is 5.75 Å². The molecule has 0 spiro atoms. The maximum atomic E-state index is 13.0. The van der Waals surface area contributed by atoms with Crippen LogP contribution in [0.2, 0.25) is 0 Å². The van der Waals surface area contributed by atoms with Crippen molar-refractivity contribution in [3.63, 3.8) is 0 Å². The number of nitrogens with zero attached hydrogens (tertiary/aromatic N) is 1. The first-order chi connectivity index (χ1) is 9.65. The van der Waals surface area contributed by atoms with Crippen molar-refractivity contribution in [2.45, 2.75) is 32.4 Å². The fourth-order valence-electron chi connectivity index (χ4n) is 1.80. The predicted molar refractivity (Wildman–Crippen MR) is 74.4 cm³/mol.